The minimum atomic E-state index is 0.239. The zero-order valence-corrected chi connectivity index (χ0v) is 30.4. The molecule has 6 rings (SSSR count). The van der Waals surface area contributed by atoms with Crippen molar-refractivity contribution in [3.63, 3.8) is 0 Å². The van der Waals surface area contributed by atoms with Gasteiger partial charge in [0.1, 0.15) is 36.5 Å². The number of benzene rings is 3. The van der Waals surface area contributed by atoms with E-state index < -0.39 is 0 Å². The first-order valence-corrected chi connectivity index (χ1v) is 17.9. The number of ether oxygens (including phenoxy) is 3. The summed E-state index contributed by atoms with van der Waals surface area (Å²) in [5.74, 6) is 2.10. The molecule has 1 N–H and O–H groups in total. The molecule has 0 bridgehead atoms. The minimum Gasteiger partial charge on any atom is -0.493 e. The van der Waals surface area contributed by atoms with Crippen molar-refractivity contribution in [2.75, 3.05) is 33.3 Å². The van der Waals surface area contributed by atoms with Gasteiger partial charge in [0.05, 0.1) is 23.5 Å². The SMILES string of the molecule is Cc1c(COc2cc(OCc3cncc(C#N)c3)c(CN(C)Cc3cnc[nH]3)cc2Cl)cccc1-c1cccc(OCCCN2CCCC2)c1C. The average Bonchev–Trinajstić information content (AvgIpc) is 3.86. The lowest BCUT2D eigenvalue weighted by atomic mass is 9.93. The highest BCUT2D eigenvalue weighted by molar-refractivity contribution is 6.32. The van der Waals surface area contributed by atoms with Crippen molar-refractivity contribution in [1.29, 1.82) is 5.26 Å². The molecule has 264 valence electrons. The van der Waals surface area contributed by atoms with Gasteiger partial charge < -0.3 is 24.1 Å². The molecule has 3 heterocycles. The van der Waals surface area contributed by atoms with Crippen molar-refractivity contribution in [3.8, 4) is 34.4 Å². The van der Waals surface area contributed by atoms with E-state index in [1.165, 1.54) is 32.1 Å². The van der Waals surface area contributed by atoms with Gasteiger partial charge in [-0.15, -0.1) is 0 Å². The third-order valence-corrected chi connectivity index (χ3v) is 9.64. The molecule has 1 aliphatic rings. The number of hydrogen-bond acceptors (Lipinski definition) is 8. The molecule has 0 aliphatic carbocycles. The van der Waals surface area contributed by atoms with Gasteiger partial charge in [0.15, 0.2) is 0 Å². The van der Waals surface area contributed by atoms with Crippen LogP contribution >= 0.6 is 11.6 Å². The van der Waals surface area contributed by atoms with Crippen molar-refractivity contribution >= 4 is 11.6 Å². The summed E-state index contributed by atoms with van der Waals surface area (Å²) in [6.07, 6.45) is 10.4. The van der Waals surface area contributed by atoms with Crippen LogP contribution in [0.3, 0.4) is 0 Å². The number of aromatic nitrogens is 3. The Morgan fingerprint density at radius 2 is 1.63 bits per heavy atom. The number of nitrogens with one attached hydrogen (secondary N) is 1. The normalized spacial score (nSPS) is 13.0. The van der Waals surface area contributed by atoms with E-state index >= 15 is 0 Å². The molecule has 9 nitrogen and oxygen atoms in total. The Hall–Kier alpha value is -4.88. The standard InChI is InChI=1S/C41H45ClN6O3/c1-29-33(9-6-10-36(29)37-11-7-12-39(30(37)2)49-16-8-15-48-13-4-5-14-48)27-51-41-19-40(50-26-32-17-31(20-43)21-44-22-32)34(18-38(41)42)24-47(3)25-35-23-45-28-46-35/h6-7,9-12,17-19,21-23,28H,4-5,8,13-16,24-27H2,1-3H3,(H,45,46). The van der Waals surface area contributed by atoms with Crippen LogP contribution in [0.2, 0.25) is 5.02 Å². The first-order valence-electron chi connectivity index (χ1n) is 17.5. The number of aromatic amines is 1. The van der Waals surface area contributed by atoms with Crippen LogP contribution in [0.4, 0.5) is 0 Å². The maximum Gasteiger partial charge on any atom is 0.142 e. The summed E-state index contributed by atoms with van der Waals surface area (Å²) >= 11 is 6.87. The molecule has 1 fully saturated rings. The Morgan fingerprint density at radius 1 is 0.843 bits per heavy atom. The molecule has 0 unspecified atom stereocenters. The quantitative estimate of drug-likeness (QED) is 0.103. The van der Waals surface area contributed by atoms with Gasteiger partial charge in [-0.2, -0.15) is 5.26 Å². The largest absolute Gasteiger partial charge is 0.493 e. The molecule has 10 heteroatoms. The first kappa shape index (κ1) is 35.9. The second-order valence-corrected chi connectivity index (χ2v) is 13.6. The van der Waals surface area contributed by atoms with Gasteiger partial charge in [-0.25, -0.2) is 4.98 Å². The van der Waals surface area contributed by atoms with Crippen molar-refractivity contribution < 1.29 is 14.2 Å². The number of H-pyrrole nitrogens is 1. The summed E-state index contributed by atoms with van der Waals surface area (Å²) < 4.78 is 19.0. The fraction of sp³-hybridized carbons (Fsp3) is 0.341. The predicted octanol–water partition coefficient (Wildman–Crippen LogP) is 8.27. The highest BCUT2D eigenvalue weighted by Gasteiger charge is 2.17. The summed E-state index contributed by atoms with van der Waals surface area (Å²) in [5, 5.41) is 9.83. The number of halogens is 1. The molecule has 0 saturated carbocycles. The number of pyridine rings is 1. The van der Waals surface area contributed by atoms with Crippen molar-refractivity contribution in [1.82, 2.24) is 24.8 Å². The number of nitrogens with zero attached hydrogens (tertiary/aromatic N) is 5. The van der Waals surface area contributed by atoms with E-state index in [0.29, 0.717) is 48.4 Å². The maximum absolute atomic E-state index is 9.33. The third-order valence-electron chi connectivity index (χ3n) is 9.35. The number of hydrogen-bond donors (Lipinski definition) is 1. The van der Waals surface area contributed by atoms with Crippen molar-refractivity contribution in [2.24, 2.45) is 0 Å². The van der Waals surface area contributed by atoms with E-state index in [0.717, 1.165) is 63.4 Å². The molecule has 0 amide bonds. The van der Waals surface area contributed by atoms with Crippen LogP contribution < -0.4 is 14.2 Å². The summed E-state index contributed by atoms with van der Waals surface area (Å²) in [4.78, 5) is 16.1. The minimum absolute atomic E-state index is 0.239. The summed E-state index contributed by atoms with van der Waals surface area (Å²) in [6, 6.07) is 20.3. The highest BCUT2D eigenvalue weighted by atomic mass is 35.5. The highest BCUT2D eigenvalue weighted by Crippen LogP contribution is 2.37. The van der Waals surface area contributed by atoms with Crippen LogP contribution in [-0.4, -0.2) is 58.0 Å². The van der Waals surface area contributed by atoms with Crippen molar-refractivity contribution in [3.05, 3.63) is 124 Å². The lowest BCUT2D eigenvalue weighted by molar-refractivity contribution is 0.262. The molecular weight excluding hydrogens is 660 g/mol. The van der Waals surface area contributed by atoms with E-state index in [9.17, 15) is 5.26 Å². The van der Waals surface area contributed by atoms with Crippen LogP contribution in [0, 0.1) is 25.2 Å². The number of rotatable bonds is 16. The van der Waals surface area contributed by atoms with E-state index in [4.69, 9.17) is 25.8 Å². The summed E-state index contributed by atoms with van der Waals surface area (Å²) in [5.41, 5.74) is 8.82. The second kappa shape index (κ2) is 17.4. The zero-order valence-electron chi connectivity index (χ0n) is 29.6. The Balaban J connectivity index is 1.17. The second-order valence-electron chi connectivity index (χ2n) is 13.2. The Morgan fingerprint density at radius 3 is 2.41 bits per heavy atom. The van der Waals surface area contributed by atoms with Gasteiger partial charge in [0.25, 0.3) is 0 Å². The van der Waals surface area contributed by atoms with Crippen molar-refractivity contribution in [2.45, 2.75) is 59.4 Å². The fourth-order valence-electron chi connectivity index (χ4n) is 6.57. The smallest absolute Gasteiger partial charge is 0.142 e. The molecule has 0 radical (unpaired) electrons. The molecule has 3 aromatic carbocycles. The third kappa shape index (κ3) is 9.47. The molecule has 1 aliphatic heterocycles. The van der Waals surface area contributed by atoms with E-state index in [1.54, 1.807) is 18.6 Å². The first-order chi connectivity index (χ1) is 24.9. The predicted molar refractivity (Wildman–Crippen MR) is 200 cm³/mol. The molecular formula is C41H45ClN6O3. The number of imidazole rings is 1. The van der Waals surface area contributed by atoms with Gasteiger partial charge >= 0.3 is 0 Å². The van der Waals surface area contributed by atoms with E-state index in [2.05, 4.69) is 81.1 Å². The van der Waals surface area contributed by atoms with Gasteiger partial charge in [0.2, 0.25) is 0 Å². The molecule has 5 aromatic rings. The average molecular weight is 705 g/mol. The van der Waals surface area contributed by atoms with Crippen LogP contribution in [0.5, 0.6) is 17.2 Å². The Kier molecular flexibility index (Phi) is 12.2. The van der Waals surface area contributed by atoms with E-state index in [-0.39, 0.29) is 6.61 Å². The monoisotopic (exact) mass is 704 g/mol. The summed E-state index contributed by atoms with van der Waals surface area (Å²) in [6.45, 7) is 10.3. The van der Waals surface area contributed by atoms with Crippen LogP contribution in [0.25, 0.3) is 11.1 Å². The van der Waals surface area contributed by atoms with Crippen LogP contribution in [0.15, 0.2) is 79.5 Å². The molecule has 1 saturated heterocycles. The zero-order chi connectivity index (χ0) is 35.6. The maximum atomic E-state index is 9.33. The van der Waals surface area contributed by atoms with Gasteiger partial charge in [-0.05, 0) is 99.3 Å². The Labute approximate surface area is 305 Å². The van der Waals surface area contributed by atoms with Crippen LogP contribution in [0.1, 0.15) is 58.3 Å². The number of nitriles is 1. The van der Waals surface area contributed by atoms with Crippen LogP contribution in [-0.2, 0) is 26.3 Å². The molecule has 51 heavy (non-hydrogen) atoms. The lowest BCUT2D eigenvalue weighted by Gasteiger charge is -2.21. The van der Waals surface area contributed by atoms with Gasteiger partial charge in [-0.3, -0.25) is 9.88 Å². The fourth-order valence-corrected chi connectivity index (χ4v) is 6.81. The van der Waals surface area contributed by atoms with Gasteiger partial charge in [-0.1, -0.05) is 41.9 Å². The molecule has 0 spiro atoms. The lowest BCUT2D eigenvalue weighted by Crippen LogP contribution is -2.22. The molecule has 2 aromatic heterocycles. The molecule has 0 atom stereocenters. The topological polar surface area (TPSA) is 99.5 Å². The summed E-state index contributed by atoms with van der Waals surface area (Å²) in [7, 11) is 2.03. The van der Waals surface area contributed by atoms with Gasteiger partial charge in [0, 0.05) is 61.1 Å². The van der Waals surface area contributed by atoms with E-state index in [1.807, 2.05) is 25.4 Å². The Bertz CT molecular complexity index is 1950. The number of likely N-dealkylation sites (tertiary alicyclic amines) is 1.